The molecule has 0 radical (unpaired) electrons. The maximum absolute atomic E-state index is 13.8. The van der Waals surface area contributed by atoms with Crippen molar-refractivity contribution in [2.24, 2.45) is 0 Å². The molecule has 1 aromatic heterocycles. The van der Waals surface area contributed by atoms with Crippen molar-refractivity contribution in [2.75, 3.05) is 18.9 Å². The SMILES string of the molecule is CCCCOc1c2n(cc(N)c1=O)[C@@H](C1c3ccccc3CSc3ccccc31)CN(C(C)C)C2=O. The molecule has 7 heteroatoms. The summed E-state index contributed by atoms with van der Waals surface area (Å²) in [6, 6.07) is 16.9. The summed E-state index contributed by atoms with van der Waals surface area (Å²) >= 11 is 1.84. The maximum Gasteiger partial charge on any atom is 0.274 e. The molecule has 5 rings (SSSR count). The van der Waals surface area contributed by atoms with Gasteiger partial charge in [0.05, 0.1) is 12.6 Å². The fraction of sp³-hybridized carbons (Fsp3) is 0.379. The first kappa shape index (κ1) is 24.5. The van der Waals surface area contributed by atoms with Crippen molar-refractivity contribution in [2.45, 2.75) is 62.3 Å². The number of unbranched alkanes of at least 4 members (excludes halogenated alkanes) is 1. The quantitative estimate of drug-likeness (QED) is 0.453. The Morgan fingerprint density at radius 3 is 2.56 bits per heavy atom. The molecule has 0 spiro atoms. The molecule has 3 aromatic rings. The molecule has 2 aliphatic heterocycles. The van der Waals surface area contributed by atoms with E-state index in [1.54, 1.807) is 6.20 Å². The molecule has 1 unspecified atom stereocenters. The summed E-state index contributed by atoms with van der Waals surface area (Å²) in [5, 5.41) is 0. The Balaban J connectivity index is 1.77. The summed E-state index contributed by atoms with van der Waals surface area (Å²) in [5.74, 6) is 0.752. The van der Waals surface area contributed by atoms with Gasteiger partial charge in [-0.25, -0.2) is 0 Å². The van der Waals surface area contributed by atoms with Crippen molar-refractivity contribution in [1.29, 1.82) is 0 Å². The molecule has 1 amide bonds. The Morgan fingerprint density at radius 1 is 1.08 bits per heavy atom. The molecule has 2 atom stereocenters. The lowest BCUT2D eigenvalue weighted by molar-refractivity contribution is 0.0585. The van der Waals surface area contributed by atoms with Crippen LogP contribution in [0.5, 0.6) is 5.75 Å². The molecular weight excluding hydrogens is 470 g/mol. The van der Waals surface area contributed by atoms with Crippen LogP contribution < -0.4 is 15.9 Å². The third-order valence-corrected chi connectivity index (χ3v) is 8.34. The van der Waals surface area contributed by atoms with Gasteiger partial charge in [0, 0.05) is 35.3 Å². The van der Waals surface area contributed by atoms with Gasteiger partial charge in [-0.15, -0.1) is 11.8 Å². The average Bonchev–Trinajstić information content (AvgIpc) is 3.04. The van der Waals surface area contributed by atoms with Crippen LogP contribution in [0, 0.1) is 0 Å². The van der Waals surface area contributed by atoms with E-state index < -0.39 is 5.43 Å². The van der Waals surface area contributed by atoms with E-state index in [-0.39, 0.29) is 35.3 Å². The summed E-state index contributed by atoms with van der Waals surface area (Å²) in [4.78, 5) is 30.1. The van der Waals surface area contributed by atoms with Crippen LogP contribution in [-0.4, -0.2) is 34.6 Å². The molecular formula is C29H33N3O3S. The lowest BCUT2D eigenvalue weighted by Crippen LogP contribution is -2.49. The van der Waals surface area contributed by atoms with Gasteiger partial charge in [0.15, 0.2) is 11.4 Å². The number of nitrogens with zero attached hydrogens (tertiary/aromatic N) is 2. The Labute approximate surface area is 216 Å². The molecule has 0 fully saturated rings. The molecule has 0 saturated carbocycles. The van der Waals surface area contributed by atoms with Crippen LogP contribution >= 0.6 is 11.8 Å². The first-order chi connectivity index (χ1) is 17.4. The van der Waals surface area contributed by atoms with Crippen molar-refractivity contribution in [1.82, 2.24) is 9.47 Å². The largest absolute Gasteiger partial charge is 0.487 e. The Hall–Kier alpha value is -3.19. The van der Waals surface area contributed by atoms with Gasteiger partial charge in [0.25, 0.3) is 5.91 Å². The molecule has 2 aliphatic rings. The summed E-state index contributed by atoms with van der Waals surface area (Å²) in [5.41, 5.74) is 10.0. The van der Waals surface area contributed by atoms with Crippen LogP contribution in [0.2, 0.25) is 0 Å². The second-order valence-corrected chi connectivity index (χ2v) is 10.8. The summed E-state index contributed by atoms with van der Waals surface area (Å²) < 4.78 is 7.93. The van der Waals surface area contributed by atoms with E-state index in [1.165, 1.54) is 21.6 Å². The number of thioether (sulfide) groups is 1. The van der Waals surface area contributed by atoms with Gasteiger partial charge in [-0.2, -0.15) is 0 Å². The number of rotatable bonds is 6. The summed E-state index contributed by atoms with van der Waals surface area (Å²) in [6.07, 6.45) is 3.38. The van der Waals surface area contributed by atoms with E-state index >= 15 is 0 Å². The Bertz CT molecular complexity index is 1300. The Morgan fingerprint density at radius 2 is 1.81 bits per heavy atom. The number of carbonyl (C=O) groups excluding carboxylic acids is 1. The monoisotopic (exact) mass is 503 g/mol. The van der Waals surface area contributed by atoms with Crippen molar-refractivity contribution in [3.05, 3.63) is 87.3 Å². The fourth-order valence-electron chi connectivity index (χ4n) is 5.35. The normalized spacial score (nSPS) is 18.9. The number of carbonyl (C=O) groups is 1. The van der Waals surface area contributed by atoms with Crippen molar-refractivity contribution < 1.29 is 9.53 Å². The Kier molecular flexibility index (Phi) is 6.84. The number of nitrogens with two attached hydrogens (primary N) is 1. The number of pyridine rings is 1. The maximum atomic E-state index is 13.8. The molecule has 0 saturated heterocycles. The smallest absolute Gasteiger partial charge is 0.274 e. The lowest BCUT2D eigenvalue weighted by Gasteiger charge is -2.42. The number of fused-ring (bicyclic) bond motifs is 3. The van der Waals surface area contributed by atoms with Gasteiger partial charge in [-0.1, -0.05) is 55.8 Å². The van der Waals surface area contributed by atoms with E-state index in [9.17, 15) is 9.59 Å². The van der Waals surface area contributed by atoms with E-state index in [4.69, 9.17) is 10.5 Å². The molecule has 3 heterocycles. The van der Waals surface area contributed by atoms with Gasteiger partial charge >= 0.3 is 0 Å². The third kappa shape index (κ3) is 4.19. The minimum absolute atomic E-state index is 0.0223. The van der Waals surface area contributed by atoms with Gasteiger partial charge in [-0.05, 0) is 43.0 Å². The number of nitrogen functional groups attached to an aromatic ring is 1. The molecule has 2 N–H and O–H groups in total. The standard InChI is InChI=1S/C29H33N3O3S/c1-4-5-14-35-28-26-29(34)31(18(2)3)16-23(32(26)15-22(30)27(28)33)25-20-11-7-6-10-19(20)17-36-24-13-9-8-12-21(24)25/h6-13,15,18,23,25H,4-5,14,16-17,30H2,1-3H3/t23-,25?/m1/s1. The van der Waals surface area contributed by atoms with Crippen LogP contribution in [0.1, 0.15) is 72.8 Å². The zero-order valence-corrected chi connectivity index (χ0v) is 21.9. The summed E-state index contributed by atoms with van der Waals surface area (Å²) in [7, 11) is 0. The lowest BCUT2D eigenvalue weighted by atomic mass is 9.81. The highest BCUT2D eigenvalue weighted by Gasteiger charge is 2.42. The number of benzene rings is 2. The van der Waals surface area contributed by atoms with E-state index in [2.05, 4.69) is 55.5 Å². The van der Waals surface area contributed by atoms with Crippen molar-refractivity contribution in [3.63, 3.8) is 0 Å². The van der Waals surface area contributed by atoms with E-state index in [0.717, 1.165) is 18.6 Å². The van der Waals surface area contributed by atoms with E-state index in [0.29, 0.717) is 18.8 Å². The number of aromatic nitrogens is 1. The number of ether oxygens (including phenoxy) is 1. The van der Waals surface area contributed by atoms with Gasteiger partial charge in [0.1, 0.15) is 5.69 Å². The minimum Gasteiger partial charge on any atom is -0.487 e. The van der Waals surface area contributed by atoms with Gasteiger partial charge in [-0.3, -0.25) is 9.59 Å². The average molecular weight is 504 g/mol. The first-order valence-electron chi connectivity index (χ1n) is 12.7. The minimum atomic E-state index is -0.410. The van der Waals surface area contributed by atoms with Crippen molar-refractivity contribution in [3.8, 4) is 5.75 Å². The predicted octanol–water partition coefficient (Wildman–Crippen LogP) is 5.45. The van der Waals surface area contributed by atoms with Gasteiger partial charge in [0.2, 0.25) is 5.43 Å². The fourth-order valence-corrected chi connectivity index (χ4v) is 6.46. The molecule has 2 aromatic carbocycles. The predicted molar refractivity (Wildman–Crippen MR) is 145 cm³/mol. The zero-order chi connectivity index (χ0) is 25.4. The number of hydrogen-bond donors (Lipinski definition) is 1. The second-order valence-electron chi connectivity index (χ2n) is 9.82. The summed E-state index contributed by atoms with van der Waals surface area (Å²) in [6.45, 7) is 6.97. The molecule has 6 nitrogen and oxygen atoms in total. The second kappa shape index (κ2) is 10.1. The molecule has 0 aliphatic carbocycles. The molecule has 0 bridgehead atoms. The molecule has 36 heavy (non-hydrogen) atoms. The highest BCUT2D eigenvalue weighted by atomic mass is 32.2. The third-order valence-electron chi connectivity index (χ3n) is 7.20. The number of hydrogen-bond acceptors (Lipinski definition) is 5. The molecule has 188 valence electrons. The van der Waals surface area contributed by atoms with Crippen LogP contribution in [0.25, 0.3) is 0 Å². The van der Waals surface area contributed by atoms with Crippen LogP contribution in [-0.2, 0) is 5.75 Å². The number of amides is 1. The van der Waals surface area contributed by atoms with Crippen LogP contribution in [0.15, 0.2) is 64.4 Å². The number of anilines is 1. The van der Waals surface area contributed by atoms with E-state index in [1.807, 2.05) is 35.1 Å². The first-order valence-corrected chi connectivity index (χ1v) is 13.7. The zero-order valence-electron chi connectivity index (χ0n) is 21.1. The highest BCUT2D eigenvalue weighted by Crippen LogP contribution is 2.47. The van der Waals surface area contributed by atoms with Crippen molar-refractivity contribution >= 4 is 23.4 Å². The van der Waals surface area contributed by atoms with Gasteiger partial charge < -0.3 is 19.9 Å². The topological polar surface area (TPSA) is 77.6 Å². The van der Waals surface area contributed by atoms with Crippen LogP contribution in [0.3, 0.4) is 0 Å². The highest BCUT2D eigenvalue weighted by molar-refractivity contribution is 7.98. The van der Waals surface area contributed by atoms with Crippen LogP contribution in [0.4, 0.5) is 5.69 Å².